The number of alkyl halides is 3. The molecule has 0 bridgehead atoms. The molecule has 106 valence electrons. The van der Waals surface area contributed by atoms with E-state index in [1.807, 2.05) is 30.3 Å². The minimum atomic E-state index is -2.53. The molecule has 0 aliphatic rings. The van der Waals surface area contributed by atoms with E-state index < -0.39 is 13.0 Å². The van der Waals surface area contributed by atoms with Crippen LogP contribution in [0.25, 0.3) is 10.8 Å². The van der Waals surface area contributed by atoms with Gasteiger partial charge in [-0.3, -0.25) is 4.79 Å². The predicted molar refractivity (Wildman–Crippen MR) is 79.6 cm³/mol. The fourth-order valence-electron chi connectivity index (χ4n) is 2.05. The molecule has 0 radical (unpaired) electrons. The van der Waals surface area contributed by atoms with Crippen molar-refractivity contribution in [3.05, 3.63) is 48.0 Å². The summed E-state index contributed by atoms with van der Waals surface area (Å²) in [6.07, 6.45) is -2.53. The first-order valence-electron chi connectivity index (χ1n) is 6.24. The molecular formula is C15H14BrF2NO. The highest BCUT2D eigenvalue weighted by molar-refractivity contribution is 9.09. The van der Waals surface area contributed by atoms with Gasteiger partial charge in [-0.05, 0) is 22.9 Å². The van der Waals surface area contributed by atoms with Crippen LogP contribution in [0.15, 0.2) is 42.5 Å². The topological polar surface area (TPSA) is 20.3 Å². The molecule has 1 amide bonds. The van der Waals surface area contributed by atoms with Crippen LogP contribution in [0.1, 0.15) is 10.4 Å². The van der Waals surface area contributed by atoms with Gasteiger partial charge in [-0.15, -0.1) is 0 Å². The van der Waals surface area contributed by atoms with Crippen molar-refractivity contribution in [1.29, 1.82) is 0 Å². The van der Waals surface area contributed by atoms with Gasteiger partial charge >= 0.3 is 0 Å². The van der Waals surface area contributed by atoms with Crippen molar-refractivity contribution < 1.29 is 13.6 Å². The Morgan fingerprint density at radius 1 is 1.15 bits per heavy atom. The Bertz CT molecular complexity index is 603. The molecule has 2 aromatic carbocycles. The van der Waals surface area contributed by atoms with Gasteiger partial charge in [0, 0.05) is 17.4 Å². The van der Waals surface area contributed by atoms with Crippen molar-refractivity contribution in [2.24, 2.45) is 0 Å². The second kappa shape index (κ2) is 6.79. The quantitative estimate of drug-likeness (QED) is 0.754. The number of carbonyl (C=O) groups is 1. The van der Waals surface area contributed by atoms with Crippen LogP contribution in [0.2, 0.25) is 0 Å². The van der Waals surface area contributed by atoms with Crippen LogP contribution in [0.4, 0.5) is 8.78 Å². The van der Waals surface area contributed by atoms with Gasteiger partial charge in [0.2, 0.25) is 0 Å². The van der Waals surface area contributed by atoms with E-state index in [9.17, 15) is 13.6 Å². The molecule has 0 fully saturated rings. The minimum absolute atomic E-state index is 0.260. The lowest BCUT2D eigenvalue weighted by Crippen LogP contribution is -2.36. The highest BCUT2D eigenvalue weighted by Gasteiger charge is 2.19. The lowest BCUT2D eigenvalue weighted by atomic mass is 10.1. The number of hydrogen-bond acceptors (Lipinski definition) is 1. The number of benzene rings is 2. The van der Waals surface area contributed by atoms with Gasteiger partial charge in [-0.25, -0.2) is 8.78 Å². The van der Waals surface area contributed by atoms with E-state index in [2.05, 4.69) is 15.9 Å². The average Bonchev–Trinajstić information content (AvgIpc) is 2.45. The molecular weight excluding hydrogens is 328 g/mol. The fourth-order valence-corrected chi connectivity index (χ4v) is 2.48. The van der Waals surface area contributed by atoms with Gasteiger partial charge in [0.15, 0.2) is 0 Å². The lowest BCUT2D eigenvalue weighted by Gasteiger charge is -2.21. The van der Waals surface area contributed by atoms with E-state index in [0.29, 0.717) is 10.9 Å². The molecule has 20 heavy (non-hydrogen) atoms. The maximum atomic E-state index is 12.5. The minimum Gasteiger partial charge on any atom is -0.332 e. The summed E-state index contributed by atoms with van der Waals surface area (Å²) in [5.41, 5.74) is 0.435. The number of amides is 1. The molecule has 0 saturated heterocycles. The number of rotatable bonds is 5. The van der Waals surface area contributed by atoms with E-state index >= 15 is 0 Å². The first kappa shape index (κ1) is 14.9. The van der Waals surface area contributed by atoms with E-state index in [1.165, 1.54) is 4.90 Å². The molecule has 0 aromatic heterocycles. The van der Waals surface area contributed by atoms with Crippen molar-refractivity contribution >= 4 is 32.6 Å². The Hall–Kier alpha value is -1.49. The van der Waals surface area contributed by atoms with Crippen molar-refractivity contribution in [2.45, 2.75) is 6.43 Å². The van der Waals surface area contributed by atoms with Crippen molar-refractivity contribution in [1.82, 2.24) is 4.90 Å². The van der Waals surface area contributed by atoms with Crippen molar-refractivity contribution in [3.8, 4) is 0 Å². The first-order chi connectivity index (χ1) is 9.61. The maximum absolute atomic E-state index is 12.5. The zero-order valence-electron chi connectivity index (χ0n) is 10.7. The van der Waals surface area contributed by atoms with Gasteiger partial charge in [-0.1, -0.05) is 46.3 Å². The first-order valence-corrected chi connectivity index (χ1v) is 7.36. The zero-order chi connectivity index (χ0) is 14.5. The molecule has 0 unspecified atom stereocenters. The highest BCUT2D eigenvalue weighted by Crippen LogP contribution is 2.17. The van der Waals surface area contributed by atoms with Crippen LogP contribution in [0, 0.1) is 0 Å². The predicted octanol–water partition coefficient (Wildman–Crippen LogP) is 3.94. The number of fused-ring (bicyclic) bond motifs is 1. The molecule has 0 spiro atoms. The molecule has 2 aromatic rings. The molecule has 0 atom stereocenters. The average molecular weight is 342 g/mol. The van der Waals surface area contributed by atoms with Gasteiger partial charge < -0.3 is 4.90 Å². The summed E-state index contributed by atoms with van der Waals surface area (Å²) in [6, 6.07) is 12.9. The lowest BCUT2D eigenvalue weighted by molar-refractivity contribution is 0.0572. The summed E-state index contributed by atoms with van der Waals surface area (Å²) in [6.45, 7) is -0.284. The molecule has 0 saturated carbocycles. The Morgan fingerprint density at radius 2 is 1.85 bits per heavy atom. The van der Waals surface area contributed by atoms with E-state index in [-0.39, 0.29) is 12.5 Å². The smallest absolute Gasteiger partial charge is 0.255 e. The van der Waals surface area contributed by atoms with E-state index in [1.54, 1.807) is 12.1 Å². The SMILES string of the molecule is O=C(c1ccc2ccccc2c1)N(CCBr)CC(F)F. The van der Waals surface area contributed by atoms with Crippen LogP contribution < -0.4 is 0 Å². The summed E-state index contributed by atoms with van der Waals surface area (Å²) in [5, 5.41) is 2.41. The monoisotopic (exact) mass is 341 g/mol. The summed E-state index contributed by atoms with van der Waals surface area (Å²) in [4.78, 5) is 13.5. The molecule has 0 aliphatic carbocycles. The Kier molecular flexibility index (Phi) is 5.06. The second-order valence-electron chi connectivity index (χ2n) is 4.39. The molecule has 2 rings (SSSR count). The summed E-state index contributed by atoms with van der Waals surface area (Å²) >= 11 is 3.18. The Labute approximate surface area is 124 Å². The van der Waals surface area contributed by atoms with Gasteiger partial charge in [0.1, 0.15) is 0 Å². The molecule has 2 nitrogen and oxygen atoms in total. The Morgan fingerprint density at radius 3 is 2.50 bits per heavy atom. The maximum Gasteiger partial charge on any atom is 0.255 e. The van der Waals surface area contributed by atoms with Crippen molar-refractivity contribution in [3.63, 3.8) is 0 Å². The van der Waals surface area contributed by atoms with Crippen LogP contribution in [-0.2, 0) is 0 Å². The summed E-state index contributed by atoms with van der Waals surface area (Å²) in [5.74, 6) is -0.365. The van der Waals surface area contributed by atoms with Crippen LogP contribution in [0.3, 0.4) is 0 Å². The van der Waals surface area contributed by atoms with Crippen LogP contribution in [0.5, 0.6) is 0 Å². The normalized spacial score (nSPS) is 11.0. The standard InChI is InChI=1S/C15H14BrF2NO/c16-7-8-19(10-14(17)18)15(20)13-6-5-11-3-1-2-4-12(11)9-13/h1-6,9,14H,7-8,10H2. The van der Waals surface area contributed by atoms with Gasteiger partial charge in [-0.2, -0.15) is 0 Å². The molecule has 0 N–H and O–H groups in total. The number of nitrogens with zero attached hydrogens (tertiary/aromatic N) is 1. The van der Waals surface area contributed by atoms with Crippen LogP contribution in [-0.4, -0.2) is 35.7 Å². The molecule has 0 aliphatic heterocycles. The molecule has 5 heteroatoms. The van der Waals surface area contributed by atoms with Gasteiger partial charge in [0.25, 0.3) is 12.3 Å². The second-order valence-corrected chi connectivity index (χ2v) is 5.19. The van der Waals surface area contributed by atoms with E-state index in [4.69, 9.17) is 0 Å². The third-order valence-corrected chi connectivity index (χ3v) is 3.35. The third kappa shape index (κ3) is 3.54. The zero-order valence-corrected chi connectivity index (χ0v) is 12.3. The number of carbonyl (C=O) groups excluding carboxylic acids is 1. The summed E-state index contributed by atoms with van der Waals surface area (Å²) < 4.78 is 25.1. The highest BCUT2D eigenvalue weighted by atomic mass is 79.9. The Balaban J connectivity index is 2.28. The van der Waals surface area contributed by atoms with E-state index in [0.717, 1.165) is 10.8 Å². The fraction of sp³-hybridized carbons (Fsp3) is 0.267. The van der Waals surface area contributed by atoms with Crippen molar-refractivity contribution in [2.75, 3.05) is 18.4 Å². The van der Waals surface area contributed by atoms with Crippen LogP contribution >= 0.6 is 15.9 Å². The van der Waals surface area contributed by atoms with Gasteiger partial charge in [0.05, 0.1) is 6.54 Å². The third-order valence-electron chi connectivity index (χ3n) is 3.00. The number of hydrogen-bond donors (Lipinski definition) is 0. The largest absolute Gasteiger partial charge is 0.332 e. The molecule has 0 heterocycles. The summed E-state index contributed by atoms with van der Waals surface area (Å²) in [7, 11) is 0. The number of halogens is 3.